The Kier molecular flexibility index (Phi) is 12.9. The van der Waals surface area contributed by atoms with Crippen LogP contribution in [0.5, 0.6) is 0 Å². The molecular weight excluding hydrogens is 624 g/mol. The number of nitrogens with one attached hydrogen (secondary N) is 4. The van der Waals surface area contributed by atoms with E-state index in [-0.39, 0.29) is 36.0 Å². The van der Waals surface area contributed by atoms with Crippen LogP contribution in [0.15, 0.2) is 12.7 Å². The van der Waals surface area contributed by atoms with Crippen LogP contribution in [0.4, 0.5) is 4.79 Å². The van der Waals surface area contributed by atoms with Crippen molar-refractivity contribution in [1.82, 2.24) is 30.5 Å². The zero-order valence-electron chi connectivity index (χ0n) is 30.2. The van der Waals surface area contributed by atoms with Crippen molar-refractivity contribution in [2.24, 2.45) is 28.1 Å². The number of likely N-dealkylation sites (tertiary alicyclic amines) is 1. The molecule has 0 radical (unpaired) electrons. The van der Waals surface area contributed by atoms with Crippen LogP contribution in [0.3, 0.4) is 0 Å². The molecule has 0 aromatic carbocycles. The first-order valence-corrected chi connectivity index (χ1v) is 18.0. The topological polar surface area (TPSA) is 174 Å². The molecule has 1 aliphatic carbocycles. The molecule has 1 unspecified atom stereocenters. The molecule has 1 saturated heterocycles. The van der Waals surface area contributed by atoms with E-state index in [2.05, 4.69) is 27.8 Å². The molecule has 0 spiro atoms. The first-order valence-electron chi connectivity index (χ1n) is 16.4. The van der Waals surface area contributed by atoms with Crippen LogP contribution < -0.4 is 21.3 Å². The number of carbonyl (C=O) groups is 5. The van der Waals surface area contributed by atoms with Crippen LogP contribution in [-0.4, -0.2) is 104 Å². The zero-order chi connectivity index (χ0) is 36.3. The Morgan fingerprint density at radius 3 is 2.09 bits per heavy atom. The Hall–Kier alpha value is -3.00. The molecule has 0 aromatic heterocycles. The summed E-state index contributed by atoms with van der Waals surface area (Å²) in [5, 5.41) is 10.8. The highest BCUT2D eigenvalue weighted by molar-refractivity contribution is 7.89. The van der Waals surface area contributed by atoms with Gasteiger partial charge >= 0.3 is 6.03 Å². The lowest BCUT2D eigenvalue weighted by atomic mass is 9.85. The normalized spacial score (nSPS) is 22.4. The zero-order valence-corrected chi connectivity index (χ0v) is 31.0. The van der Waals surface area contributed by atoms with Crippen LogP contribution >= 0.6 is 0 Å². The van der Waals surface area contributed by atoms with Gasteiger partial charge in [-0.05, 0) is 34.5 Å². The van der Waals surface area contributed by atoms with Crippen LogP contribution in [0, 0.1) is 28.1 Å². The van der Waals surface area contributed by atoms with E-state index >= 15 is 0 Å². The summed E-state index contributed by atoms with van der Waals surface area (Å²) in [6.45, 7) is 20.8. The highest BCUT2D eigenvalue weighted by Crippen LogP contribution is 2.65. The molecule has 4 N–H and O–H groups in total. The van der Waals surface area contributed by atoms with Crippen molar-refractivity contribution in [3.63, 3.8) is 0 Å². The number of urea groups is 1. The third-order valence-electron chi connectivity index (χ3n) is 9.54. The number of rotatable bonds is 15. The molecule has 2 rings (SSSR count). The number of Topliss-reactive ketones (excluding diaryl/α,β-unsaturated/α-hetero) is 1. The molecule has 2 fully saturated rings. The monoisotopic (exact) mass is 682 g/mol. The Morgan fingerprint density at radius 2 is 1.60 bits per heavy atom. The van der Waals surface area contributed by atoms with Gasteiger partial charge in [-0.3, -0.25) is 19.2 Å². The Bertz CT molecular complexity index is 1320. The van der Waals surface area contributed by atoms with Gasteiger partial charge in [0.05, 0.1) is 17.8 Å². The van der Waals surface area contributed by atoms with Crippen molar-refractivity contribution >= 4 is 39.6 Å². The average Bonchev–Trinajstić information content (AvgIpc) is 3.26. The van der Waals surface area contributed by atoms with Crippen molar-refractivity contribution in [3.8, 4) is 0 Å². The van der Waals surface area contributed by atoms with Crippen LogP contribution in [0.1, 0.15) is 81.6 Å². The SMILES string of the molecule is C=CCNC(=O)C(=O)C(CCCC)NC(=O)[C@@H]1[C@@H]2[C@H](CN1C(=O)[C@@H](NC(=O)N[C@H](CS(=O)(=O)N(C)C)C(C)(C)C)C(C)(C)C)C2(C)C. The predicted molar refractivity (Wildman–Crippen MR) is 182 cm³/mol. The third kappa shape index (κ3) is 9.77. The maximum absolute atomic E-state index is 14.3. The minimum absolute atomic E-state index is 0.0406. The Labute approximate surface area is 281 Å². The largest absolute Gasteiger partial charge is 0.346 e. The van der Waals surface area contributed by atoms with E-state index < -0.39 is 74.6 Å². The molecule has 47 heavy (non-hydrogen) atoms. The summed E-state index contributed by atoms with van der Waals surface area (Å²) in [7, 11) is -0.800. The van der Waals surface area contributed by atoms with Gasteiger partial charge in [0.25, 0.3) is 5.91 Å². The fourth-order valence-electron chi connectivity index (χ4n) is 6.17. The molecule has 13 nitrogen and oxygen atoms in total. The number of ketones is 1. The molecule has 1 heterocycles. The summed E-state index contributed by atoms with van der Waals surface area (Å²) in [6.07, 6.45) is 3.08. The van der Waals surface area contributed by atoms with Crippen molar-refractivity contribution in [2.75, 3.05) is 32.9 Å². The fourth-order valence-corrected chi connectivity index (χ4v) is 7.47. The second kappa shape index (κ2) is 15.0. The van der Waals surface area contributed by atoms with Crippen LogP contribution in [0.2, 0.25) is 0 Å². The minimum atomic E-state index is -3.66. The van der Waals surface area contributed by atoms with Crippen molar-refractivity contribution in [3.05, 3.63) is 12.7 Å². The quantitative estimate of drug-likeness (QED) is 0.151. The number of nitrogens with zero attached hydrogens (tertiary/aromatic N) is 2. The summed E-state index contributed by atoms with van der Waals surface area (Å²) in [5.74, 6) is -3.00. The summed E-state index contributed by atoms with van der Waals surface area (Å²) >= 11 is 0. The number of hydrogen-bond donors (Lipinski definition) is 4. The second-order valence-corrected chi connectivity index (χ2v) is 18.1. The van der Waals surface area contributed by atoms with E-state index in [9.17, 15) is 32.4 Å². The molecular formula is C33H58N6O7S. The predicted octanol–water partition coefficient (Wildman–Crippen LogP) is 2.04. The lowest BCUT2D eigenvalue weighted by molar-refractivity contribution is -0.145. The Morgan fingerprint density at radius 1 is 1.00 bits per heavy atom. The summed E-state index contributed by atoms with van der Waals surface area (Å²) in [6, 6.07) is -4.50. The highest BCUT2D eigenvalue weighted by atomic mass is 32.2. The van der Waals surface area contributed by atoms with Gasteiger partial charge in [-0.25, -0.2) is 17.5 Å². The van der Waals surface area contributed by atoms with Crippen LogP contribution in [0.25, 0.3) is 0 Å². The van der Waals surface area contributed by atoms with Gasteiger partial charge in [-0.1, -0.05) is 81.2 Å². The minimum Gasteiger partial charge on any atom is -0.346 e. The lowest BCUT2D eigenvalue weighted by Gasteiger charge is -2.38. The standard InChI is InChI=1S/C33H58N6O7S/c1-13-15-16-21(25(40)28(42)34-17-14-2)35-27(41)24-23-20(33(23,9)10)18-39(24)29(43)26(32(6,7)8)37-30(44)36-22(31(3,4)5)19-47(45,46)38(11)12/h14,20-24,26H,2,13,15-19H2,1,3-12H3,(H,34,42)(H,35,41)(H2,36,37,44)/t20-,21?,22+,23-,24-,26+/m0/s1. The molecule has 1 aliphatic heterocycles. The first kappa shape index (κ1) is 40.2. The molecule has 0 bridgehead atoms. The molecule has 268 valence electrons. The van der Waals surface area contributed by atoms with Gasteiger partial charge < -0.3 is 26.2 Å². The summed E-state index contributed by atoms with van der Waals surface area (Å²) in [4.78, 5) is 68.7. The molecule has 6 atom stereocenters. The van der Waals surface area contributed by atoms with Gasteiger partial charge in [0.15, 0.2) is 0 Å². The van der Waals surface area contributed by atoms with Crippen molar-refractivity contribution in [2.45, 2.75) is 106 Å². The smallest absolute Gasteiger partial charge is 0.315 e. The number of piperidine rings is 1. The van der Waals surface area contributed by atoms with E-state index in [1.165, 1.54) is 25.1 Å². The van der Waals surface area contributed by atoms with E-state index in [1.807, 2.05) is 41.5 Å². The van der Waals surface area contributed by atoms with Crippen LogP contribution in [-0.2, 0) is 29.2 Å². The maximum atomic E-state index is 14.3. The van der Waals surface area contributed by atoms with Gasteiger partial charge in [-0.15, -0.1) is 6.58 Å². The van der Waals surface area contributed by atoms with Gasteiger partial charge in [0.2, 0.25) is 27.6 Å². The van der Waals surface area contributed by atoms with E-state index in [4.69, 9.17) is 0 Å². The summed E-state index contributed by atoms with van der Waals surface area (Å²) < 4.78 is 26.5. The molecule has 14 heteroatoms. The molecule has 5 amide bonds. The van der Waals surface area contributed by atoms with Crippen molar-refractivity contribution in [1.29, 1.82) is 0 Å². The average molecular weight is 683 g/mol. The molecule has 2 aliphatic rings. The van der Waals surface area contributed by atoms with E-state index in [0.717, 1.165) is 10.7 Å². The molecule has 0 aromatic rings. The highest BCUT2D eigenvalue weighted by Gasteiger charge is 2.70. The number of fused-ring (bicyclic) bond motifs is 1. The molecule has 1 saturated carbocycles. The number of carbonyl (C=O) groups excluding carboxylic acids is 5. The number of hydrogen-bond acceptors (Lipinski definition) is 7. The van der Waals surface area contributed by atoms with Gasteiger partial charge in [-0.2, -0.15) is 0 Å². The third-order valence-corrected chi connectivity index (χ3v) is 11.4. The van der Waals surface area contributed by atoms with E-state index in [1.54, 1.807) is 20.8 Å². The number of amides is 5. The first-order chi connectivity index (χ1) is 21.4. The number of unbranched alkanes of at least 4 members (excludes halogenated alkanes) is 1. The van der Waals surface area contributed by atoms with Crippen molar-refractivity contribution < 1.29 is 32.4 Å². The lowest BCUT2D eigenvalue weighted by Crippen LogP contribution is -2.62. The Balaban J connectivity index is 2.35. The maximum Gasteiger partial charge on any atom is 0.315 e. The van der Waals surface area contributed by atoms with E-state index in [0.29, 0.717) is 13.0 Å². The summed E-state index contributed by atoms with van der Waals surface area (Å²) in [5.41, 5.74) is -1.63. The number of sulfonamides is 1. The van der Waals surface area contributed by atoms with Gasteiger partial charge in [0.1, 0.15) is 12.1 Å². The fraction of sp³-hybridized carbons (Fsp3) is 0.788. The van der Waals surface area contributed by atoms with Gasteiger partial charge in [0, 0.05) is 27.2 Å². The second-order valence-electron chi connectivity index (χ2n) is 15.9.